The fraction of sp³-hybridized carbons (Fsp3) is 0.556. The van der Waals surface area contributed by atoms with Crippen molar-refractivity contribution >= 4 is 11.9 Å². The van der Waals surface area contributed by atoms with Gasteiger partial charge in [-0.3, -0.25) is 0 Å². The van der Waals surface area contributed by atoms with Gasteiger partial charge in [0.2, 0.25) is 11.9 Å². The highest BCUT2D eigenvalue weighted by Crippen LogP contribution is 2.31. The molecular formula is C18H24N6O. The number of nitrogens with two attached hydrogens (primary N) is 1. The number of aromatic nitrogens is 4. The van der Waals surface area contributed by atoms with E-state index in [1.165, 1.54) is 12.8 Å². The van der Waals surface area contributed by atoms with Gasteiger partial charge in [-0.05, 0) is 38.7 Å². The van der Waals surface area contributed by atoms with Crippen molar-refractivity contribution in [3.63, 3.8) is 0 Å². The van der Waals surface area contributed by atoms with Gasteiger partial charge in [0.1, 0.15) is 0 Å². The van der Waals surface area contributed by atoms with Crippen LogP contribution in [-0.4, -0.2) is 45.7 Å². The van der Waals surface area contributed by atoms with Crippen LogP contribution in [0.5, 0.6) is 0 Å². The van der Waals surface area contributed by atoms with Crippen molar-refractivity contribution in [1.29, 1.82) is 0 Å². The van der Waals surface area contributed by atoms with Crippen molar-refractivity contribution in [2.24, 2.45) is 0 Å². The van der Waals surface area contributed by atoms with Gasteiger partial charge in [0.25, 0.3) is 0 Å². The highest BCUT2D eigenvalue weighted by molar-refractivity contribution is 5.60. The molecule has 7 nitrogen and oxygen atoms in total. The van der Waals surface area contributed by atoms with Crippen LogP contribution in [0.15, 0.2) is 18.5 Å². The summed E-state index contributed by atoms with van der Waals surface area (Å²) in [6, 6.07) is 2.55. The minimum atomic E-state index is 0.274. The van der Waals surface area contributed by atoms with Crippen LogP contribution in [0.2, 0.25) is 0 Å². The molecule has 2 aliphatic heterocycles. The lowest BCUT2D eigenvalue weighted by Crippen LogP contribution is -2.29. The minimum absolute atomic E-state index is 0.274. The first-order chi connectivity index (χ1) is 12.2. The Morgan fingerprint density at radius 2 is 1.88 bits per heavy atom. The van der Waals surface area contributed by atoms with Gasteiger partial charge in [-0.25, -0.2) is 19.9 Å². The second kappa shape index (κ2) is 6.92. The fourth-order valence-electron chi connectivity index (χ4n) is 3.63. The highest BCUT2D eigenvalue weighted by atomic mass is 16.5. The van der Waals surface area contributed by atoms with E-state index in [0.717, 1.165) is 55.5 Å². The van der Waals surface area contributed by atoms with E-state index in [1.54, 1.807) is 12.4 Å². The molecular weight excluding hydrogens is 316 g/mol. The summed E-state index contributed by atoms with van der Waals surface area (Å²) in [5, 5.41) is 0. The Balaban J connectivity index is 1.75. The molecule has 0 amide bonds. The summed E-state index contributed by atoms with van der Waals surface area (Å²) in [5.41, 5.74) is 8.46. The summed E-state index contributed by atoms with van der Waals surface area (Å²) in [5.74, 6) is 1.51. The van der Waals surface area contributed by atoms with Gasteiger partial charge < -0.3 is 15.4 Å². The predicted molar refractivity (Wildman–Crippen MR) is 96.3 cm³/mol. The van der Waals surface area contributed by atoms with Gasteiger partial charge in [-0.1, -0.05) is 0 Å². The Morgan fingerprint density at radius 1 is 1.12 bits per heavy atom. The number of hydrogen-bond acceptors (Lipinski definition) is 7. The molecule has 0 aliphatic carbocycles. The Labute approximate surface area is 147 Å². The lowest BCUT2D eigenvalue weighted by Gasteiger charge is -2.26. The van der Waals surface area contributed by atoms with E-state index in [0.29, 0.717) is 12.0 Å². The second-order valence-corrected chi connectivity index (χ2v) is 6.88. The van der Waals surface area contributed by atoms with Crippen LogP contribution >= 0.6 is 0 Å². The van der Waals surface area contributed by atoms with Crippen molar-refractivity contribution in [2.45, 2.75) is 44.6 Å². The molecule has 4 rings (SSSR count). The SMILES string of the molecule is CC1CCCN1c1nc(-c2cnc(N)nc2)cc(C2CCOCC2)n1. The standard InChI is InChI=1S/C18H24N6O/c1-12-3-2-6-24(12)18-22-15(13-4-7-25-8-5-13)9-16(23-18)14-10-20-17(19)21-11-14/h9-13H,2-8H2,1H3,(H2,19,20,21). The van der Waals surface area contributed by atoms with E-state index in [9.17, 15) is 0 Å². The van der Waals surface area contributed by atoms with Crippen molar-refractivity contribution in [3.8, 4) is 11.3 Å². The lowest BCUT2D eigenvalue weighted by atomic mass is 9.95. The minimum Gasteiger partial charge on any atom is -0.381 e. The average molecular weight is 340 g/mol. The van der Waals surface area contributed by atoms with Gasteiger partial charge in [-0.2, -0.15) is 0 Å². The molecule has 0 radical (unpaired) electrons. The third-order valence-electron chi connectivity index (χ3n) is 5.15. The number of nitrogen functional groups attached to an aromatic ring is 1. The maximum Gasteiger partial charge on any atom is 0.226 e. The van der Waals surface area contributed by atoms with E-state index < -0.39 is 0 Å². The molecule has 7 heteroatoms. The maximum absolute atomic E-state index is 5.62. The first-order valence-electron chi connectivity index (χ1n) is 9.02. The summed E-state index contributed by atoms with van der Waals surface area (Å²) in [4.78, 5) is 20.3. The molecule has 2 aliphatic rings. The molecule has 0 bridgehead atoms. The summed E-state index contributed by atoms with van der Waals surface area (Å²) < 4.78 is 5.51. The Morgan fingerprint density at radius 3 is 2.56 bits per heavy atom. The molecule has 2 saturated heterocycles. The largest absolute Gasteiger partial charge is 0.381 e. The van der Waals surface area contributed by atoms with Crippen LogP contribution in [0.1, 0.15) is 44.2 Å². The Hall–Kier alpha value is -2.28. The number of rotatable bonds is 3. The maximum atomic E-state index is 5.62. The summed E-state index contributed by atoms with van der Waals surface area (Å²) in [6.45, 7) is 4.84. The number of hydrogen-bond donors (Lipinski definition) is 1. The van der Waals surface area contributed by atoms with Gasteiger partial charge in [0, 0.05) is 55.4 Å². The van der Waals surface area contributed by atoms with Crippen LogP contribution in [-0.2, 0) is 4.74 Å². The van der Waals surface area contributed by atoms with Crippen LogP contribution < -0.4 is 10.6 Å². The van der Waals surface area contributed by atoms with E-state index in [1.807, 2.05) is 0 Å². The van der Waals surface area contributed by atoms with E-state index in [-0.39, 0.29) is 5.95 Å². The van der Waals surface area contributed by atoms with Gasteiger partial charge in [-0.15, -0.1) is 0 Å². The van der Waals surface area contributed by atoms with E-state index in [2.05, 4.69) is 27.9 Å². The van der Waals surface area contributed by atoms with Gasteiger partial charge in [0.05, 0.1) is 5.69 Å². The van der Waals surface area contributed by atoms with Crippen molar-refractivity contribution < 1.29 is 4.74 Å². The van der Waals surface area contributed by atoms with Crippen molar-refractivity contribution in [1.82, 2.24) is 19.9 Å². The van der Waals surface area contributed by atoms with E-state index >= 15 is 0 Å². The molecule has 0 aromatic carbocycles. The first-order valence-corrected chi connectivity index (χ1v) is 9.02. The number of anilines is 2. The highest BCUT2D eigenvalue weighted by Gasteiger charge is 2.26. The van der Waals surface area contributed by atoms with Crippen LogP contribution in [0.25, 0.3) is 11.3 Å². The molecule has 132 valence electrons. The quantitative estimate of drug-likeness (QED) is 0.917. The monoisotopic (exact) mass is 340 g/mol. The molecule has 2 aromatic heterocycles. The van der Waals surface area contributed by atoms with Gasteiger partial charge in [0.15, 0.2) is 0 Å². The normalized spacial score (nSPS) is 21.6. The number of ether oxygens (including phenoxy) is 1. The molecule has 2 fully saturated rings. The smallest absolute Gasteiger partial charge is 0.226 e. The molecule has 4 heterocycles. The zero-order valence-corrected chi connectivity index (χ0v) is 14.6. The summed E-state index contributed by atoms with van der Waals surface area (Å²) in [7, 11) is 0. The predicted octanol–water partition coefficient (Wildman–Crippen LogP) is 2.40. The number of nitrogens with zero attached hydrogens (tertiary/aromatic N) is 5. The molecule has 2 aromatic rings. The van der Waals surface area contributed by atoms with Gasteiger partial charge >= 0.3 is 0 Å². The van der Waals surface area contributed by atoms with Crippen molar-refractivity contribution in [2.75, 3.05) is 30.4 Å². The fourth-order valence-corrected chi connectivity index (χ4v) is 3.63. The first kappa shape index (κ1) is 16.2. The summed E-state index contributed by atoms with van der Waals surface area (Å²) in [6.07, 6.45) is 7.84. The van der Waals surface area contributed by atoms with E-state index in [4.69, 9.17) is 20.4 Å². The average Bonchev–Trinajstić information content (AvgIpc) is 3.09. The third kappa shape index (κ3) is 3.42. The lowest BCUT2D eigenvalue weighted by molar-refractivity contribution is 0.0845. The molecule has 0 spiro atoms. The van der Waals surface area contributed by atoms with Crippen LogP contribution in [0.3, 0.4) is 0 Å². The molecule has 1 unspecified atom stereocenters. The third-order valence-corrected chi connectivity index (χ3v) is 5.15. The van der Waals surface area contributed by atoms with Crippen LogP contribution in [0.4, 0.5) is 11.9 Å². The Bertz CT molecular complexity index is 729. The zero-order valence-electron chi connectivity index (χ0n) is 14.6. The van der Waals surface area contributed by atoms with Crippen molar-refractivity contribution in [3.05, 3.63) is 24.2 Å². The topological polar surface area (TPSA) is 90.1 Å². The molecule has 2 N–H and O–H groups in total. The molecule has 25 heavy (non-hydrogen) atoms. The van der Waals surface area contributed by atoms with Crippen LogP contribution in [0, 0.1) is 0 Å². The second-order valence-electron chi connectivity index (χ2n) is 6.88. The molecule has 0 saturated carbocycles. The zero-order chi connectivity index (χ0) is 17.2. The molecule has 1 atom stereocenters. The Kier molecular flexibility index (Phi) is 4.48. The summed E-state index contributed by atoms with van der Waals surface area (Å²) >= 11 is 0.